The predicted molar refractivity (Wildman–Crippen MR) is 140 cm³/mol. The van der Waals surface area contributed by atoms with E-state index in [4.69, 9.17) is 37.0 Å². The van der Waals surface area contributed by atoms with Crippen LogP contribution < -0.4 is 9.04 Å². The zero-order valence-corrected chi connectivity index (χ0v) is 23.2. The first-order chi connectivity index (χ1) is 17.1. The van der Waals surface area contributed by atoms with Crippen LogP contribution in [0.25, 0.3) is 0 Å². The molecule has 2 fully saturated rings. The summed E-state index contributed by atoms with van der Waals surface area (Å²) in [6, 6.07) is 7.31. The highest BCUT2D eigenvalue weighted by Gasteiger charge is 2.43. The number of nitrogens with zero attached hydrogens (tertiary/aromatic N) is 1. The van der Waals surface area contributed by atoms with E-state index in [1.807, 2.05) is 0 Å². The largest absolute Gasteiger partial charge is 0.755 e. The number of rotatable bonds is 11. The van der Waals surface area contributed by atoms with Crippen LogP contribution in [0.5, 0.6) is 17.2 Å². The molecule has 36 heavy (non-hydrogen) atoms. The van der Waals surface area contributed by atoms with Crippen molar-refractivity contribution in [1.29, 1.82) is 0 Å². The lowest BCUT2D eigenvalue weighted by molar-refractivity contribution is 0.219. The second kappa shape index (κ2) is 11.6. The summed E-state index contributed by atoms with van der Waals surface area (Å²) in [5.41, 5.74) is 0.704. The summed E-state index contributed by atoms with van der Waals surface area (Å²) in [5.74, 6) is 1.04. The normalized spacial score (nSPS) is 22.1. The first-order valence-electron chi connectivity index (χ1n) is 11.9. The Kier molecular flexibility index (Phi) is 8.93. The topological polar surface area (TPSA) is 108 Å². The summed E-state index contributed by atoms with van der Waals surface area (Å²) in [4.78, 5) is 0. The molecule has 8 nitrogen and oxygen atoms in total. The minimum atomic E-state index is -3.36. The Morgan fingerprint density at radius 3 is 2.31 bits per heavy atom. The molecule has 198 valence electrons. The van der Waals surface area contributed by atoms with Crippen molar-refractivity contribution in [3.8, 4) is 17.2 Å². The third kappa shape index (κ3) is 6.04. The average molecular weight is 577 g/mol. The highest BCUT2D eigenvalue weighted by Crippen LogP contribution is 2.53. The number of benzene rings is 2. The van der Waals surface area contributed by atoms with E-state index in [1.54, 1.807) is 26.0 Å². The van der Waals surface area contributed by atoms with Crippen LogP contribution in [0.2, 0.25) is 10.0 Å². The third-order valence-corrected chi connectivity index (χ3v) is 10.1. The summed E-state index contributed by atoms with van der Waals surface area (Å²) >= 11 is 10.3. The lowest BCUT2D eigenvalue weighted by Gasteiger charge is -2.37. The zero-order valence-electron chi connectivity index (χ0n) is 20.0. The molecule has 2 aliphatic carbocycles. The van der Waals surface area contributed by atoms with E-state index in [0.717, 1.165) is 25.7 Å². The van der Waals surface area contributed by atoms with E-state index in [-0.39, 0.29) is 64.3 Å². The molecular weight excluding hydrogens is 548 g/mol. The van der Waals surface area contributed by atoms with Gasteiger partial charge in [-0.1, -0.05) is 29.6 Å². The van der Waals surface area contributed by atoms with Gasteiger partial charge in [-0.2, -0.15) is 0 Å². The average Bonchev–Trinajstić information content (AvgIpc) is 3.42. The summed E-state index contributed by atoms with van der Waals surface area (Å²) < 4.78 is 55.2. The summed E-state index contributed by atoms with van der Waals surface area (Å²) in [6.07, 6.45) is 3.87. The highest BCUT2D eigenvalue weighted by atomic mass is 35.5. The highest BCUT2D eigenvalue weighted by molar-refractivity contribution is 7.80. The molecule has 4 rings (SSSR count). The molecule has 0 aliphatic heterocycles. The molecule has 0 heterocycles. The zero-order chi connectivity index (χ0) is 26.0. The van der Waals surface area contributed by atoms with Crippen LogP contribution in [0.3, 0.4) is 0 Å². The molecule has 0 amide bonds. The molecule has 4 unspecified atom stereocenters. The van der Waals surface area contributed by atoms with E-state index in [9.17, 15) is 18.4 Å². The van der Waals surface area contributed by atoms with Crippen molar-refractivity contribution >= 4 is 47.8 Å². The number of ether oxygens (including phenoxy) is 1. The van der Waals surface area contributed by atoms with Gasteiger partial charge in [0.2, 0.25) is 0 Å². The van der Waals surface area contributed by atoms with E-state index < -0.39 is 18.9 Å². The van der Waals surface area contributed by atoms with Gasteiger partial charge in [0.1, 0.15) is 11.5 Å². The second-order valence-corrected chi connectivity index (χ2v) is 12.7. The van der Waals surface area contributed by atoms with E-state index >= 15 is 0 Å². The summed E-state index contributed by atoms with van der Waals surface area (Å²) in [7, 11) is -3.36. The van der Waals surface area contributed by atoms with Crippen molar-refractivity contribution in [2.45, 2.75) is 51.7 Å². The molecule has 2 bridgehead atoms. The molecule has 0 aromatic heterocycles. The Hall–Kier alpha value is -1.32. The quantitative estimate of drug-likeness (QED) is 0.225. The van der Waals surface area contributed by atoms with Gasteiger partial charge in [0.15, 0.2) is 5.75 Å². The minimum Gasteiger partial charge on any atom is -0.755 e. The molecule has 12 heteroatoms. The van der Waals surface area contributed by atoms with Crippen LogP contribution in [0.15, 0.2) is 30.3 Å². The molecule has 2 aliphatic rings. The lowest BCUT2D eigenvalue weighted by Crippen LogP contribution is -2.40. The van der Waals surface area contributed by atoms with Crippen molar-refractivity contribution in [2.24, 2.45) is 11.8 Å². The maximum Gasteiger partial charge on any atom is 0.335 e. The molecule has 0 saturated heterocycles. The van der Waals surface area contributed by atoms with Gasteiger partial charge < -0.3 is 23.4 Å². The minimum absolute atomic E-state index is 0.00835. The van der Waals surface area contributed by atoms with Crippen molar-refractivity contribution in [1.82, 2.24) is 0 Å². The van der Waals surface area contributed by atoms with E-state index in [0.29, 0.717) is 11.5 Å². The van der Waals surface area contributed by atoms with Crippen molar-refractivity contribution in [2.75, 3.05) is 17.5 Å². The first-order valence-corrected chi connectivity index (χ1v) is 15.4. The molecule has 4 atom stereocenters. The Morgan fingerprint density at radius 2 is 1.78 bits per heavy atom. The van der Waals surface area contributed by atoms with Crippen LogP contribution in [-0.4, -0.2) is 33.1 Å². The number of fused-ring (bicyclic) bond motifs is 2. The Balaban J connectivity index is 1.59. The van der Waals surface area contributed by atoms with Gasteiger partial charge in [-0.25, -0.2) is 0 Å². The fraction of sp³-hybridized carbons (Fsp3) is 0.500. The number of hydrogen-bond acceptors (Lipinski definition) is 7. The first kappa shape index (κ1) is 27.7. The van der Waals surface area contributed by atoms with Crippen molar-refractivity contribution in [3.05, 3.63) is 45.9 Å². The van der Waals surface area contributed by atoms with Crippen LogP contribution >= 0.6 is 30.8 Å². The Labute approximate surface area is 223 Å². The maximum atomic E-state index is 12.9. The molecule has 0 spiro atoms. The molecule has 0 radical (unpaired) electrons. The summed E-state index contributed by atoms with van der Waals surface area (Å²) in [5, 5.41) is 10.9. The second-order valence-electron chi connectivity index (χ2n) is 9.03. The number of phenolic OH excluding ortho intramolecular Hbond substituents is 1. The van der Waals surface area contributed by atoms with Crippen molar-refractivity contribution < 1.29 is 32.2 Å². The van der Waals surface area contributed by atoms with Crippen LogP contribution in [-0.2, 0) is 31.0 Å². The molecule has 1 N–H and O–H groups in total. The van der Waals surface area contributed by atoms with Crippen LogP contribution in [0, 0.1) is 11.8 Å². The SMILES string of the molecule is CCOP(=O)(Cc1cc(Cl)c(Oc2ccc(O)c(N(C3CC4CCC3C4)S(=O)[O-])c2)c(Cl)c1)OCC. The van der Waals surface area contributed by atoms with Gasteiger partial charge in [0.05, 0.1) is 35.1 Å². The Morgan fingerprint density at radius 1 is 1.11 bits per heavy atom. The number of aromatic hydroxyl groups is 1. The number of hydrogen-bond donors (Lipinski definition) is 1. The molecule has 2 aromatic carbocycles. The molecule has 2 aromatic rings. The maximum absolute atomic E-state index is 12.9. The predicted octanol–water partition coefficient (Wildman–Crippen LogP) is 7.05. The van der Waals surface area contributed by atoms with Gasteiger partial charge in [0.25, 0.3) is 0 Å². The van der Waals surface area contributed by atoms with E-state index in [1.165, 1.54) is 22.5 Å². The molecule has 2 saturated carbocycles. The Bertz CT molecular complexity index is 1150. The molecular formula is C24H29Cl2NO7PS-. The van der Waals surface area contributed by atoms with Gasteiger partial charge in [-0.15, -0.1) is 0 Å². The number of phenols is 1. The monoisotopic (exact) mass is 576 g/mol. The van der Waals surface area contributed by atoms with Crippen molar-refractivity contribution in [3.63, 3.8) is 0 Å². The van der Waals surface area contributed by atoms with Gasteiger partial charge >= 0.3 is 7.60 Å². The lowest BCUT2D eigenvalue weighted by atomic mass is 9.95. The van der Waals surface area contributed by atoms with Gasteiger partial charge in [0, 0.05) is 23.4 Å². The summed E-state index contributed by atoms with van der Waals surface area (Å²) in [6.45, 7) is 3.93. The number of anilines is 1. The van der Waals surface area contributed by atoms with Gasteiger partial charge in [-0.3, -0.25) is 13.1 Å². The fourth-order valence-corrected chi connectivity index (χ4v) is 8.34. The van der Waals surface area contributed by atoms with Crippen LogP contribution in [0.4, 0.5) is 5.69 Å². The standard InChI is InChI=1S/C24H30Cl2NO7PS/c1-3-32-35(29,33-4-2)14-16-10-19(25)24(20(26)11-16)34-18-7-8-23(28)22(13-18)27(36(30)31)21-12-15-5-6-17(21)9-15/h7-8,10-11,13,15,17,21,28H,3-6,9,12,14H2,1-2H3,(H,30,31)/p-1. The van der Waals surface area contributed by atoms with Crippen LogP contribution in [0.1, 0.15) is 45.1 Å². The smallest absolute Gasteiger partial charge is 0.335 e. The number of halogens is 2. The van der Waals surface area contributed by atoms with Gasteiger partial charge in [-0.05, 0) is 74.8 Å². The third-order valence-electron chi connectivity index (χ3n) is 6.65. The fourth-order valence-electron chi connectivity index (χ4n) is 5.28. The van der Waals surface area contributed by atoms with E-state index in [2.05, 4.69) is 0 Å².